The van der Waals surface area contributed by atoms with Crippen LogP contribution in [0.3, 0.4) is 0 Å². The first-order valence-electron chi connectivity index (χ1n) is 4.86. The summed E-state index contributed by atoms with van der Waals surface area (Å²) in [5, 5.41) is 0. The number of pyridine rings is 1. The van der Waals surface area contributed by atoms with Crippen LogP contribution in [0.15, 0.2) is 36.7 Å². The molecule has 0 aliphatic heterocycles. The lowest BCUT2D eigenvalue weighted by atomic mass is 10.0. The third-order valence-corrected chi connectivity index (χ3v) is 2.35. The first-order valence-corrected chi connectivity index (χ1v) is 4.86. The molecule has 0 spiro atoms. The molecule has 0 radical (unpaired) electrons. The summed E-state index contributed by atoms with van der Waals surface area (Å²) in [7, 11) is 0. The number of hydrogen-bond donors (Lipinski definition) is 0. The fourth-order valence-corrected chi connectivity index (χ4v) is 1.48. The minimum Gasteiger partial charge on any atom is -0.264 e. The molecule has 0 bridgehead atoms. The maximum absolute atomic E-state index is 13.5. The number of benzene rings is 1. The Morgan fingerprint density at radius 1 is 0.889 bits per heavy atom. The molecular weight excluding hydrogens is 253 g/mol. The molecule has 18 heavy (non-hydrogen) atoms. The maximum Gasteiger partial charge on any atom is 0.416 e. The molecule has 6 heteroatoms. The van der Waals surface area contributed by atoms with Crippen LogP contribution < -0.4 is 0 Å². The Balaban J connectivity index is 2.61. The Morgan fingerprint density at radius 3 is 2.17 bits per heavy atom. The molecule has 0 saturated carbocycles. The highest BCUT2D eigenvalue weighted by Gasteiger charge is 2.31. The highest BCUT2D eigenvalue weighted by molar-refractivity contribution is 5.64. The van der Waals surface area contributed by atoms with Gasteiger partial charge in [-0.05, 0) is 24.3 Å². The van der Waals surface area contributed by atoms with Gasteiger partial charge in [-0.1, -0.05) is 0 Å². The van der Waals surface area contributed by atoms with Crippen molar-refractivity contribution in [1.29, 1.82) is 0 Å². The van der Waals surface area contributed by atoms with Crippen LogP contribution in [0.2, 0.25) is 0 Å². The Morgan fingerprint density at radius 2 is 1.56 bits per heavy atom. The van der Waals surface area contributed by atoms with Crippen LogP contribution in [0.25, 0.3) is 11.1 Å². The molecule has 1 heterocycles. The van der Waals surface area contributed by atoms with Crippen molar-refractivity contribution in [3.05, 3.63) is 53.9 Å². The van der Waals surface area contributed by atoms with Crippen molar-refractivity contribution >= 4 is 0 Å². The van der Waals surface area contributed by atoms with Crippen LogP contribution in [0.4, 0.5) is 22.0 Å². The van der Waals surface area contributed by atoms with Gasteiger partial charge in [0.15, 0.2) is 0 Å². The van der Waals surface area contributed by atoms with Gasteiger partial charge in [-0.25, -0.2) is 8.78 Å². The Kier molecular flexibility index (Phi) is 3.02. The van der Waals surface area contributed by atoms with Crippen molar-refractivity contribution in [2.45, 2.75) is 6.18 Å². The highest BCUT2D eigenvalue weighted by Crippen LogP contribution is 2.33. The molecule has 2 rings (SSSR count). The number of halogens is 5. The summed E-state index contributed by atoms with van der Waals surface area (Å²) in [5.41, 5.74) is -1.81. The second-order valence-corrected chi connectivity index (χ2v) is 3.55. The third kappa shape index (κ3) is 2.32. The monoisotopic (exact) mass is 259 g/mol. The zero-order valence-corrected chi connectivity index (χ0v) is 8.80. The Bertz CT molecular complexity index is 577. The zero-order chi connectivity index (χ0) is 13.3. The van der Waals surface area contributed by atoms with Crippen LogP contribution in [0.5, 0.6) is 0 Å². The molecule has 0 fully saturated rings. The predicted molar refractivity (Wildman–Crippen MR) is 54.6 cm³/mol. The van der Waals surface area contributed by atoms with E-state index in [4.69, 9.17) is 0 Å². The van der Waals surface area contributed by atoms with Gasteiger partial charge in [0, 0.05) is 23.5 Å². The first kappa shape index (κ1) is 12.5. The molecular formula is C12H6F5N. The van der Waals surface area contributed by atoms with Gasteiger partial charge in [-0.3, -0.25) is 4.98 Å². The van der Waals surface area contributed by atoms with Gasteiger partial charge in [0.1, 0.15) is 11.6 Å². The minimum atomic E-state index is -4.61. The number of hydrogen-bond acceptors (Lipinski definition) is 1. The summed E-state index contributed by atoms with van der Waals surface area (Å²) in [6.45, 7) is 0. The zero-order valence-electron chi connectivity index (χ0n) is 8.80. The molecule has 0 aliphatic rings. The fourth-order valence-electron chi connectivity index (χ4n) is 1.48. The number of alkyl halides is 3. The van der Waals surface area contributed by atoms with E-state index in [0.29, 0.717) is 18.2 Å². The van der Waals surface area contributed by atoms with Gasteiger partial charge >= 0.3 is 6.18 Å². The summed E-state index contributed by atoms with van der Waals surface area (Å²) in [6, 6.07) is 2.78. The van der Waals surface area contributed by atoms with Crippen LogP contribution in [-0.4, -0.2) is 4.98 Å². The van der Waals surface area contributed by atoms with Gasteiger partial charge in [0.05, 0.1) is 5.56 Å². The highest BCUT2D eigenvalue weighted by atomic mass is 19.4. The molecule has 1 nitrogen and oxygen atoms in total. The van der Waals surface area contributed by atoms with Crippen molar-refractivity contribution in [2.75, 3.05) is 0 Å². The lowest BCUT2D eigenvalue weighted by molar-refractivity contribution is -0.137. The van der Waals surface area contributed by atoms with E-state index < -0.39 is 28.9 Å². The van der Waals surface area contributed by atoms with E-state index in [-0.39, 0.29) is 5.56 Å². The second-order valence-electron chi connectivity index (χ2n) is 3.55. The largest absolute Gasteiger partial charge is 0.416 e. The first-order chi connectivity index (χ1) is 8.39. The summed E-state index contributed by atoms with van der Waals surface area (Å²) < 4.78 is 64.3. The lowest BCUT2D eigenvalue weighted by Gasteiger charge is -2.10. The van der Waals surface area contributed by atoms with E-state index in [1.807, 2.05) is 0 Å². The van der Waals surface area contributed by atoms with E-state index in [2.05, 4.69) is 4.98 Å². The Hall–Kier alpha value is -1.98. The van der Waals surface area contributed by atoms with Crippen molar-refractivity contribution in [2.24, 2.45) is 0 Å². The second kappa shape index (κ2) is 4.36. The molecule has 0 unspecified atom stereocenters. The number of rotatable bonds is 1. The molecule has 1 aromatic heterocycles. The van der Waals surface area contributed by atoms with Gasteiger partial charge in [0.2, 0.25) is 0 Å². The maximum atomic E-state index is 13.5. The molecule has 2 aromatic rings. The van der Waals surface area contributed by atoms with E-state index in [0.717, 1.165) is 18.5 Å². The quantitative estimate of drug-likeness (QED) is 0.704. The lowest BCUT2D eigenvalue weighted by Crippen LogP contribution is -2.05. The molecule has 94 valence electrons. The summed E-state index contributed by atoms with van der Waals surface area (Å²) >= 11 is 0. The van der Waals surface area contributed by atoms with E-state index in [9.17, 15) is 22.0 Å². The average Bonchev–Trinajstić information content (AvgIpc) is 2.29. The molecule has 1 aromatic carbocycles. The SMILES string of the molecule is Fc1ccncc1-c1cc(C(F)(F)F)ccc1F. The molecule has 0 atom stereocenters. The molecule has 0 aliphatic carbocycles. The van der Waals surface area contributed by atoms with Crippen molar-refractivity contribution < 1.29 is 22.0 Å². The van der Waals surface area contributed by atoms with Crippen LogP contribution >= 0.6 is 0 Å². The number of aromatic nitrogens is 1. The van der Waals surface area contributed by atoms with Gasteiger partial charge in [-0.2, -0.15) is 13.2 Å². The summed E-state index contributed by atoms with van der Waals surface area (Å²) in [6.07, 6.45) is -2.50. The average molecular weight is 259 g/mol. The molecule has 0 N–H and O–H groups in total. The van der Waals surface area contributed by atoms with Crippen molar-refractivity contribution in [3.63, 3.8) is 0 Å². The van der Waals surface area contributed by atoms with Gasteiger partial charge < -0.3 is 0 Å². The number of nitrogens with zero attached hydrogens (tertiary/aromatic N) is 1. The van der Waals surface area contributed by atoms with Crippen LogP contribution in [-0.2, 0) is 6.18 Å². The Labute approximate surface area is 98.9 Å². The normalized spacial score (nSPS) is 11.6. The standard InChI is InChI=1S/C12H6F5N/c13-10-2-1-7(12(15,16)17)5-8(10)9-6-18-4-3-11(9)14/h1-6H. The fraction of sp³-hybridized carbons (Fsp3) is 0.0833. The summed E-state index contributed by atoms with van der Waals surface area (Å²) in [4.78, 5) is 3.57. The van der Waals surface area contributed by atoms with E-state index in [1.165, 1.54) is 0 Å². The van der Waals surface area contributed by atoms with Crippen molar-refractivity contribution in [1.82, 2.24) is 4.98 Å². The van der Waals surface area contributed by atoms with E-state index in [1.54, 1.807) is 0 Å². The third-order valence-electron chi connectivity index (χ3n) is 2.35. The molecule has 0 amide bonds. The topological polar surface area (TPSA) is 12.9 Å². The van der Waals surface area contributed by atoms with Gasteiger partial charge in [0.25, 0.3) is 0 Å². The smallest absolute Gasteiger partial charge is 0.264 e. The minimum absolute atomic E-state index is 0.305. The van der Waals surface area contributed by atoms with E-state index >= 15 is 0 Å². The van der Waals surface area contributed by atoms with Crippen molar-refractivity contribution in [3.8, 4) is 11.1 Å². The molecule has 0 saturated heterocycles. The van der Waals surface area contributed by atoms with Crippen LogP contribution in [0.1, 0.15) is 5.56 Å². The summed E-state index contributed by atoms with van der Waals surface area (Å²) in [5.74, 6) is -1.77. The van der Waals surface area contributed by atoms with Gasteiger partial charge in [-0.15, -0.1) is 0 Å². The predicted octanol–water partition coefficient (Wildman–Crippen LogP) is 4.05. The van der Waals surface area contributed by atoms with Crippen LogP contribution in [0, 0.1) is 11.6 Å².